The van der Waals surface area contributed by atoms with Crippen LogP contribution in [0.2, 0.25) is 0 Å². The fraction of sp³-hybridized carbons (Fsp3) is 0.227. The van der Waals surface area contributed by atoms with Crippen LogP contribution in [0.25, 0.3) is 0 Å². The maximum atomic E-state index is 11.5. The highest BCUT2D eigenvalue weighted by molar-refractivity contribution is 7.13. The van der Waals surface area contributed by atoms with Crippen LogP contribution in [0.1, 0.15) is 29.3 Å². The first-order valence-corrected chi connectivity index (χ1v) is 10.2. The molecule has 0 aliphatic rings. The van der Waals surface area contributed by atoms with Crippen molar-refractivity contribution >= 4 is 28.7 Å². The van der Waals surface area contributed by atoms with E-state index in [1.807, 2.05) is 47.8 Å². The molecule has 1 aromatic heterocycles. The molecule has 150 valence electrons. The van der Waals surface area contributed by atoms with Gasteiger partial charge in [0.05, 0.1) is 24.9 Å². The number of hydrogen-bond acceptors (Lipinski definition) is 7. The summed E-state index contributed by atoms with van der Waals surface area (Å²) in [5, 5.41) is 6.67. The Bertz CT molecular complexity index is 1010. The number of nitrogens with one attached hydrogen (secondary N) is 1. The highest BCUT2D eigenvalue weighted by Gasteiger charge is 2.08. The van der Waals surface area contributed by atoms with Crippen LogP contribution in [-0.4, -0.2) is 23.8 Å². The number of nitrogens with zero attached hydrogens (tertiary/aromatic N) is 2. The minimum absolute atomic E-state index is 0.155. The molecule has 0 atom stereocenters. The molecule has 0 saturated carbocycles. The monoisotopic (exact) mass is 409 g/mol. The van der Waals surface area contributed by atoms with E-state index >= 15 is 0 Å². The van der Waals surface area contributed by atoms with Gasteiger partial charge >= 0.3 is 5.97 Å². The van der Waals surface area contributed by atoms with Gasteiger partial charge in [-0.2, -0.15) is 5.10 Å². The lowest BCUT2D eigenvalue weighted by Gasteiger charge is -2.10. The van der Waals surface area contributed by atoms with E-state index in [4.69, 9.17) is 9.47 Å². The summed E-state index contributed by atoms with van der Waals surface area (Å²) in [5.74, 6) is 1.21. The van der Waals surface area contributed by atoms with Gasteiger partial charge in [0, 0.05) is 10.9 Å². The Balaban J connectivity index is 1.65. The number of ether oxygens (including phenoxy) is 2. The minimum Gasteiger partial charge on any atom is -0.466 e. The molecule has 0 spiro atoms. The summed E-state index contributed by atoms with van der Waals surface area (Å²) < 4.78 is 11.0. The van der Waals surface area contributed by atoms with Crippen molar-refractivity contribution < 1.29 is 14.3 Å². The number of hydrogen-bond donors (Lipinski definition) is 1. The van der Waals surface area contributed by atoms with Gasteiger partial charge in [-0.05, 0) is 56.2 Å². The molecule has 3 aromatic rings. The Kier molecular flexibility index (Phi) is 6.97. The van der Waals surface area contributed by atoms with E-state index in [1.165, 1.54) is 22.5 Å². The van der Waals surface area contributed by atoms with Crippen LogP contribution in [0, 0.1) is 13.8 Å². The van der Waals surface area contributed by atoms with Crippen molar-refractivity contribution in [2.45, 2.75) is 27.2 Å². The number of esters is 1. The zero-order chi connectivity index (χ0) is 20.6. The topological polar surface area (TPSA) is 72.8 Å². The largest absolute Gasteiger partial charge is 0.466 e. The molecule has 29 heavy (non-hydrogen) atoms. The zero-order valence-corrected chi connectivity index (χ0v) is 17.5. The number of para-hydroxylation sites is 1. The molecule has 3 rings (SSSR count). The molecule has 0 aliphatic heterocycles. The Morgan fingerprint density at radius 3 is 2.83 bits per heavy atom. The molecule has 0 aliphatic carbocycles. The molecule has 0 fully saturated rings. The Labute approximate surface area is 174 Å². The summed E-state index contributed by atoms with van der Waals surface area (Å²) in [6.45, 7) is 6.27. The van der Waals surface area contributed by atoms with E-state index in [0.29, 0.717) is 23.2 Å². The van der Waals surface area contributed by atoms with Gasteiger partial charge in [0.2, 0.25) is 5.13 Å². The molecule has 6 nitrogen and oxygen atoms in total. The summed E-state index contributed by atoms with van der Waals surface area (Å²) in [5.41, 5.74) is 6.79. The first kappa shape index (κ1) is 20.5. The van der Waals surface area contributed by atoms with Crippen molar-refractivity contribution in [3.8, 4) is 11.5 Å². The molecule has 1 N–H and O–H groups in total. The molecule has 0 amide bonds. The van der Waals surface area contributed by atoms with Gasteiger partial charge in [0.15, 0.2) is 0 Å². The van der Waals surface area contributed by atoms with Crippen LogP contribution < -0.4 is 10.2 Å². The normalized spacial score (nSPS) is 10.9. The summed E-state index contributed by atoms with van der Waals surface area (Å²) in [4.78, 5) is 15.9. The molecule has 2 aromatic carbocycles. The third kappa shape index (κ3) is 5.89. The number of hydrazone groups is 1. The lowest BCUT2D eigenvalue weighted by atomic mass is 10.1. The summed E-state index contributed by atoms with van der Waals surface area (Å²) >= 11 is 1.38. The fourth-order valence-electron chi connectivity index (χ4n) is 2.54. The second kappa shape index (κ2) is 9.84. The average molecular weight is 410 g/mol. The van der Waals surface area contributed by atoms with Gasteiger partial charge in [-0.1, -0.05) is 18.2 Å². The third-order valence-corrected chi connectivity index (χ3v) is 4.97. The number of carbonyl (C=O) groups excluding carboxylic acids is 1. The number of anilines is 1. The predicted molar refractivity (Wildman–Crippen MR) is 116 cm³/mol. The van der Waals surface area contributed by atoms with Gasteiger partial charge in [0.1, 0.15) is 11.5 Å². The molecular weight excluding hydrogens is 386 g/mol. The van der Waals surface area contributed by atoms with E-state index < -0.39 is 0 Å². The van der Waals surface area contributed by atoms with Crippen molar-refractivity contribution in [1.29, 1.82) is 0 Å². The molecule has 0 bridgehead atoms. The quantitative estimate of drug-likeness (QED) is 0.318. The van der Waals surface area contributed by atoms with Crippen LogP contribution in [0.5, 0.6) is 11.5 Å². The van der Waals surface area contributed by atoms with Gasteiger partial charge in [-0.15, -0.1) is 11.3 Å². The first-order valence-electron chi connectivity index (χ1n) is 9.28. The molecule has 7 heteroatoms. The van der Waals surface area contributed by atoms with Crippen molar-refractivity contribution in [2.75, 3.05) is 12.0 Å². The zero-order valence-electron chi connectivity index (χ0n) is 16.6. The van der Waals surface area contributed by atoms with Crippen LogP contribution >= 0.6 is 11.3 Å². The van der Waals surface area contributed by atoms with E-state index in [2.05, 4.69) is 29.4 Å². The van der Waals surface area contributed by atoms with Gasteiger partial charge < -0.3 is 9.47 Å². The molecule has 0 unspecified atom stereocenters. The first-order chi connectivity index (χ1) is 14.0. The van der Waals surface area contributed by atoms with Gasteiger partial charge in [-0.25, -0.2) is 4.98 Å². The predicted octanol–water partition coefficient (Wildman–Crippen LogP) is 5.10. The number of rotatable bonds is 8. The lowest BCUT2D eigenvalue weighted by molar-refractivity contribution is -0.142. The summed E-state index contributed by atoms with van der Waals surface area (Å²) in [7, 11) is 0. The number of benzene rings is 2. The Morgan fingerprint density at radius 2 is 2.03 bits per heavy atom. The van der Waals surface area contributed by atoms with Crippen LogP contribution in [0.4, 0.5) is 5.13 Å². The number of aryl methyl sites for hydroxylation is 2. The van der Waals surface area contributed by atoms with Crippen LogP contribution in [-0.2, 0) is 16.0 Å². The number of thiazole rings is 1. The number of carbonyl (C=O) groups is 1. The van der Waals surface area contributed by atoms with E-state index in [-0.39, 0.29) is 12.4 Å². The second-order valence-electron chi connectivity index (χ2n) is 6.38. The molecule has 0 saturated heterocycles. The molecular formula is C22H23N3O3S. The van der Waals surface area contributed by atoms with Crippen molar-refractivity contribution in [1.82, 2.24) is 4.98 Å². The van der Waals surface area contributed by atoms with Crippen molar-refractivity contribution in [3.05, 3.63) is 70.2 Å². The summed E-state index contributed by atoms with van der Waals surface area (Å²) in [6.07, 6.45) is 1.84. The number of aromatic nitrogens is 1. The highest BCUT2D eigenvalue weighted by atomic mass is 32.1. The van der Waals surface area contributed by atoms with Gasteiger partial charge in [0.25, 0.3) is 0 Å². The SMILES string of the molecule is CCOC(=O)Cc1csc(NN=Cc2ccccc2Oc2ccc(C)c(C)c2)n1. The molecule has 0 radical (unpaired) electrons. The average Bonchev–Trinajstić information content (AvgIpc) is 3.13. The maximum absolute atomic E-state index is 11.5. The van der Waals surface area contributed by atoms with Gasteiger partial charge in [-0.3, -0.25) is 10.2 Å². The maximum Gasteiger partial charge on any atom is 0.311 e. The fourth-order valence-corrected chi connectivity index (χ4v) is 3.20. The van der Waals surface area contributed by atoms with Crippen molar-refractivity contribution in [2.24, 2.45) is 5.10 Å². The van der Waals surface area contributed by atoms with E-state index in [0.717, 1.165) is 11.3 Å². The van der Waals surface area contributed by atoms with Crippen LogP contribution in [0.3, 0.4) is 0 Å². The van der Waals surface area contributed by atoms with E-state index in [1.54, 1.807) is 13.1 Å². The third-order valence-electron chi connectivity index (χ3n) is 4.17. The summed E-state index contributed by atoms with van der Waals surface area (Å²) in [6, 6.07) is 13.7. The Hall–Kier alpha value is -3.19. The smallest absolute Gasteiger partial charge is 0.311 e. The van der Waals surface area contributed by atoms with E-state index in [9.17, 15) is 4.79 Å². The van der Waals surface area contributed by atoms with Crippen LogP contribution in [0.15, 0.2) is 52.9 Å². The highest BCUT2D eigenvalue weighted by Crippen LogP contribution is 2.26. The lowest BCUT2D eigenvalue weighted by Crippen LogP contribution is -2.07. The second-order valence-corrected chi connectivity index (χ2v) is 7.24. The van der Waals surface area contributed by atoms with Crippen molar-refractivity contribution in [3.63, 3.8) is 0 Å². The molecule has 1 heterocycles. The standard InChI is InChI=1S/C22H23N3O3S/c1-4-27-21(26)12-18-14-29-22(24-18)25-23-13-17-7-5-6-8-20(17)28-19-10-9-15(2)16(3)11-19/h5-11,13-14H,4,12H2,1-3H3,(H,24,25). The Morgan fingerprint density at radius 1 is 1.21 bits per heavy atom. The minimum atomic E-state index is -0.287.